The van der Waals surface area contributed by atoms with Gasteiger partial charge in [0, 0.05) is 21.3 Å². The summed E-state index contributed by atoms with van der Waals surface area (Å²) in [6, 6.07) is 6.72. The van der Waals surface area contributed by atoms with E-state index in [0.717, 1.165) is 14.5 Å². The Labute approximate surface area is 127 Å². The highest BCUT2D eigenvalue weighted by Gasteiger charge is 2.14. The van der Waals surface area contributed by atoms with Crippen LogP contribution in [-0.2, 0) is 6.42 Å². The molecule has 0 amide bonds. The van der Waals surface area contributed by atoms with Gasteiger partial charge in [0.15, 0.2) is 0 Å². The highest BCUT2D eigenvalue weighted by molar-refractivity contribution is 9.10. The maximum Gasteiger partial charge on any atom is 0.127 e. The summed E-state index contributed by atoms with van der Waals surface area (Å²) in [7, 11) is 0. The Balaban J connectivity index is 2.24. The number of aromatic nitrogens is 1. The fraction of sp³-hybridized carbons (Fsp3) is 0.154. The van der Waals surface area contributed by atoms with Crippen LogP contribution in [0.3, 0.4) is 0 Å². The third-order valence-corrected chi connectivity index (χ3v) is 3.70. The molecule has 1 aromatic heterocycles. The first-order valence-electron chi connectivity index (χ1n) is 5.60. The van der Waals surface area contributed by atoms with Crippen molar-refractivity contribution in [1.29, 1.82) is 0 Å². The van der Waals surface area contributed by atoms with Gasteiger partial charge in [0.05, 0.1) is 6.04 Å². The van der Waals surface area contributed by atoms with Crippen LogP contribution in [0, 0.1) is 5.82 Å². The molecule has 19 heavy (non-hydrogen) atoms. The van der Waals surface area contributed by atoms with Crippen molar-refractivity contribution in [2.24, 2.45) is 5.84 Å². The number of nitrogens with two attached hydrogens (primary N) is 1. The molecule has 0 aliphatic heterocycles. The molecule has 3 N–H and O–H groups in total. The molecule has 2 aromatic rings. The molecular weight excluding hydrogens is 377 g/mol. The van der Waals surface area contributed by atoms with Crippen molar-refractivity contribution in [3.05, 3.63) is 62.5 Å². The van der Waals surface area contributed by atoms with Crippen LogP contribution >= 0.6 is 31.9 Å². The highest BCUT2D eigenvalue weighted by Crippen LogP contribution is 2.23. The Kier molecular flexibility index (Phi) is 5.04. The number of nitrogens with one attached hydrogen (secondary N) is 1. The first-order chi connectivity index (χ1) is 9.10. The molecule has 1 atom stereocenters. The van der Waals surface area contributed by atoms with Gasteiger partial charge >= 0.3 is 0 Å². The summed E-state index contributed by atoms with van der Waals surface area (Å²) >= 11 is 6.60. The van der Waals surface area contributed by atoms with E-state index in [1.54, 1.807) is 18.5 Å². The van der Waals surface area contributed by atoms with Gasteiger partial charge in [0.25, 0.3) is 0 Å². The van der Waals surface area contributed by atoms with Crippen LogP contribution in [-0.4, -0.2) is 4.98 Å². The van der Waals surface area contributed by atoms with Gasteiger partial charge in [-0.3, -0.25) is 16.3 Å². The molecule has 2 rings (SSSR count). The second-order valence-electron chi connectivity index (χ2n) is 4.10. The summed E-state index contributed by atoms with van der Waals surface area (Å²) < 4.78 is 15.4. The SMILES string of the molecule is NNC(Cc1ccc(Br)cc1F)c1cncc(Br)c1. The highest BCUT2D eigenvalue weighted by atomic mass is 79.9. The van der Waals surface area contributed by atoms with E-state index in [1.165, 1.54) is 6.07 Å². The van der Waals surface area contributed by atoms with E-state index in [4.69, 9.17) is 5.84 Å². The minimum Gasteiger partial charge on any atom is -0.271 e. The van der Waals surface area contributed by atoms with Crippen LogP contribution in [0.25, 0.3) is 0 Å². The summed E-state index contributed by atoms with van der Waals surface area (Å²) in [4.78, 5) is 4.09. The summed E-state index contributed by atoms with van der Waals surface area (Å²) in [5.74, 6) is 5.31. The number of rotatable bonds is 4. The molecule has 3 nitrogen and oxygen atoms in total. The van der Waals surface area contributed by atoms with Crippen molar-refractivity contribution in [2.45, 2.75) is 12.5 Å². The minimum absolute atomic E-state index is 0.194. The molecule has 0 spiro atoms. The Hall–Kier alpha value is -0.820. The van der Waals surface area contributed by atoms with Crippen molar-refractivity contribution in [3.63, 3.8) is 0 Å². The molecule has 100 valence electrons. The zero-order chi connectivity index (χ0) is 13.8. The predicted molar refractivity (Wildman–Crippen MR) is 79.8 cm³/mol. The van der Waals surface area contributed by atoms with Crippen molar-refractivity contribution in [1.82, 2.24) is 10.4 Å². The van der Waals surface area contributed by atoms with Crippen molar-refractivity contribution < 1.29 is 4.39 Å². The number of hydrazine groups is 1. The fourth-order valence-electron chi connectivity index (χ4n) is 1.80. The number of halogens is 3. The first kappa shape index (κ1) is 14.6. The third kappa shape index (κ3) is 3.82. The van der Waals surface area contributed by atoms with Gasteiger partial charge in [-0.05, 0) is 51.7 Å². The van der Waals surface area contributed by atoms with Crippen LogP contribution in [0.4, 0.5) is 4.39 Å². The van der Waals surface area contributed by atoms with Crippen LogP contribution in [0.1, 0.15) is 17.2 Å². The lowest BCUT2D eigenvalue weighted by Crippen LogP contribution is -2.29. The molecule has 0 saturated carbocycles. The largest absolute Gasteiger partial charge is 0.271 e. The molecular formula is C13H12Br2FN3. The zero-order valence-corrected chi connectivity index (χ0v) is 13.1. The molecule has 0 fully saturated rings. The maximum absolute atomic E-state index is 13.8. The maximum atomic E-state index is 13.8. The van der Waals surface area contributed by atoms with Crippen LogP contribution in [0.5, 0.6) is 0 Å². The second-order valence-corrected chi connectivity index (χ2v) is 5.93. The second kappa shape index (κ2) is 6.56. The topological polar surface area (TPSA) is 50.9 Å². The summed E-state index contributed by atoms with van der Waals surface area (Å²) in [5.41, 5.74) is 4.20. The van der Waals surface area contributed by atoms with Gasteiger partial charge in [-0.1, -0.05) is 22.0 Å². The van der Waals surface area contributed by atoms with E-state index < -0.39 is 0 Å². The van der Waals surface area contributed by atoms with Crippen LogP contribution < -0.4 is 11.3 Å². The smallest absolute Gasteiger partial charge is 0.127 e. The molecule has 1 aromatic carbocycles. The number of hydrogen-bond acceptors (Lipinski definition) is 3. The van der Waals surface area contributed by atoms with E-state index in [2.05, 4.69) is 42.3 Å². The molecule has 0 bridgehead atoms. The third-order valence-electron chi connectivity index (χ3n) is 2.77. The Morgan fingerprint density at radius 2 is 2.00 bits per heavy atom. The Morgan fingerprint density at radius 3 is 2.63 bits per heavy atom. The average Bonchev–Trinajstić information content (AvgIpc) is 2.38. The normalized spacial score (nSPS) is 12.4. The zero-order valence-electron chi connectivity index (χ0n) is 9.91. The number of benzene rings is 1. The van der Waals surface area contributed by atoms with Crippen LogP contribution in [0.2, 0.25) is 0 Å². The minimum atomic E-state index is -0.252. The molecule has 0 aliphatic carbocycles. The monoisotopic (exact) mass is 387 g/mol. The number of hydrogen-bond donors (Lipinski definition) is 2. The van der Waals surface area contributed by atoms with E-state index in [9.17, 15) is 4.39 Å². The van der Waals surface area contributed by atoms with E-state index in [1.807, 2.05) is 12.1 Å². The lowest BCUT2D eigenvalue weighted by atomic mass is 10.0. The Morgan fingerprint density at radius 1 is 1.21 bits per heavy atom. The van der Waals surface area contributed by atoms with E-state index in [-0.39, 0.29) is 11.9 Å². The predicted octanol–water partition coefficient (Wildman–Crippen LogP) is 3.49. The molecule has 1 unspecified atom stereocenters. The van der Waals surface area contributed by atoms with Gasteiger partial charge in [0.2, 0.25) is 0 Å². The average molecular weight is 389 g/mol. The summed E-state index contributed by atoms with van der Waals surface area (Å²) in [6.07, 6.45) is 3.86. The van der Waals surface area contributed by atoms with Crippen molar-refractivity contribution >= 4 is 31.9 Å². The molecule has 6 heteroatoms. The van der Waals surface area contributed by atoms with Gasteiger partial charge in [-0.2, -0.15) is 0 Å². The number of pyridine rings is 1. The molecule has 1 heterocycles. The van der Waals surface area contributed by atoms with Gasteiger partial charge in [-0.25, -0.2) is 4.39 Å². The van der Waals surface area contributed by atoms with E-state index >= 15 is 0 Å². The summed E-state index contributed by atoms with van der Waals surface area (Å²) in [6.45, 7) is 0. The van der Waals surface area contributed by atoms with Crippen LogP contribution in [0.15, 0.2) is 45.6 Å². The molecule has 0 radical (unpaired) electrons. The van der Waals surface area contributed by atoms with Gasteiger partial charge in [-0.15, -0.1) is 0 Å². The van der Waals surface area contributed by atoms with Gasteiger partial charge in [0.1, 0.15) is 5.82 Å². The van der Waals surface area contributed by atoms with Gasteiger partial charge < -0.3 is 0 Å². The summed E-state index contributed by atoms with van der Waals surface area (Å²) in [5, 5.41) is 0. The standard InChI is InChI=1S/C13H12Br2FN3/c14-10-2-1-8(12(16)5-10)4-13(19-17)9-3-11(15)7-18-6-9/h1-3,5-7,13,19H,4,17H2. The molecule has 0 aliphatic rings. The van der Waals surface area contributed by atoms with E-state index in [0.29, 0.717) is 12.0 Å². The molecule has 0 saturated heterocycles. The van der Waals surface area contributed by atoms with Crippen molar-refractivity contribution in [3.8, 4) is 0 Å². The lowest BCUT2D eigenvalue weighted by molar-refractivity contribution is 0.527. The lowest BCUT2D eigenvalue weighted by Gasteiger charge is -2.16. The van der Waals surface area contributed by atoms with Crippen molar-refractivity contribution in [2.75, 3.05) is 0 Å². The first-order valence-corrected chi connectivity index (χ1v) is 7.19. The number of nitrogens with zero attached hydrogens (tertiary/aromatic N) is 1. The fourth-order valence-corrected chi connectivity index (χ4v) is 2.51. The quantitative estimate of drug-likeness (QED) is 0.622. The Bertz CT molecular complexity index is 578.